The van der Waals surface area contributed by atoms with E-state index in [0.29, 0.717) is 45.6 Å². The first kappa shape index (κ1) is 38.6. The molecule has 0 aliphatic heterocycles. The molecule has 0 aromatic carbocycles. The highest BCUT2D eigenvalue weighted by Crippen LogP contribution is 2.37. The van der Waals surface area contributed by atoms with Crippen LogP contribution in [0.5, 0.6) is 0 Å². The van der Waals surface area contributed by atoms with Gasteiger partial charge in [0, 0.05) is 79.1 Å². The van der Waals surface area contributed by atoms with Gasteiger partial charge in [0.1, 0.15) is 17.2 Å². The Morgan fingerprint density at radius 3 is 1.59 bits per heavy atom. The largest absolute Gasteiger partial charge is 0.323 e. The molecule has 0 saturated carbocycles. The summed E-state index contributed by atoms with van der Waals surface area (Å²) in [7, 11) is 3.76. The van der Waals surface area contributed by atoms with Gasteiger partial charge in [0.15, 0.2) is 11.6 Å². The third kappa shape index (κ3) is 8.55. The fourth-order valence-corrected chi connectivity index (χ4v) is 6.67. The van der Waals surface area contributed by atoms with E-state index in [1.165, 1.54) is 0 Å². The number of aromatic nitrogens is 13. The first-order valence-electron chi connectivity index (χ1n) is 18.9. The van der Waals surface area contributed by atoms with Crippen LogP contribution in [0.4, 0.5) is 23.3 Å². The summed E-state index contributed by atoms with van der Waals surface area (Å²) in [6.45, 7) is 8.48. The van der Waals surface area contributed by atoms with E-state index in [9.17, 15) is 0 Å². The number of anilines is 4. The number of rotatable bonds is 9. The number of pyridine rings is 5. The molecule has 0 atom stereocenters. The predicted molar refractivity (Wildman–Crippen MR) is 231 cm³/mol. The molecule has 9 aromatic heterocycles. The van der Waals surface area contributed by atoms with Crippen molar-refractivity contribution in [3.05, 3.63) is 127 Å². The molecule has 15 nitrogen and oxygen atoms in total. The van der Waals surface area contributed by atoms with Crippen LogP contribution >= 0.6 is 11.6 Å². The second-order valence-electron chi connectivity index (χ2n) is 14.5. The molecule has 16 heteroatoms. The minimum absolute atomic E-state index is 0.361. The second-order valence-corrected chi connectivity index (χ2v) is 14.9. The van der Waals surface area contributed by atoms with Gasteiger partial charge in [-0.1, -0.05) is 39.3 Å². The van der Waals surface area contributed by atoms with E-state index >= 15 is 0 Å². The smallest absolute Gasteiger partial charge is 0.154 e. The first-order valence-corrected chi connectivity index (χ1v) is 19.3. The van der Waals surface area contributed by atoms with Crippen molar-refractivity contribution in [1.82, 2.24) is 64.9 Å². The quantitative estimate of drug-likeness (QED) is 0.141. The van der Waals surface area contributed by atoms with E-state index in [0.717, 1.165) is 61.1 Å². The van der Waals surface area contributed by atoms with Crippen molar-refractivity contribution < 1.29 is 0 Å². The molecule has 2 N–H and O–H groups in total. The van der Waals surface area contributed by atoms with Crippen LogP contribution in [0.3, 0.4) is 0 Å². The summed E-state index contributed by atoms with van der Waals surface area (Å²) in [5.41, 5.74) is 10.8. The monoisotopic (exact) mass is 801 g/mol. The van der Waals surface area contributed by atoms with Crippen molar-refractivity contribution >= 4 is 56.9 Å². The Balaban J connectivity index is 0.000000167. The van der Waals surface area contributed by atoms with Crippen LogP contribution in [-0.2, 0) is 14.1 Å². The Bertz CT molecular complexity index is 2910. The molecule has 9 rings (SSSR count). The maximum atomic E-state index is 6.63. The number of fused-ring (bicyclic) bond motifs is 2. The van der Waals surface area contributed by atoms with Crippen LogP contribution in [0.15, 0.2) is 110 Å². The molecule has 0 unspecified atom stereocenters. The van der Waals surface area contributed by atoms with Gasteiger partial charge in [-0.2, -0.15) is 20.4 Å². The Labute approximate surface area is 345 Å². The average molecular weight is 802 g/mol. The maximum absolute atomic E-state index is 6.63. The third-order valence-electron chi connectivity index (χ3n) is 9.56. The Morgan fingerprint density at radius 1 is 0.559 bits per heavy atom. The number of nitrogens with one attached hydrogen (secondary N) is 2. The van der Waals surface area contributed by atoms with Gasteiger partial charge < -0.3 is 10.6 Å². The highest BCUT2D eigenvalue weighted by molar-refractivity contribution is 6.37. The van der Waals surface area contributed by atoms with E-state index in [4.69, 9.17) is 16.6 Å². The van der Waals surface area contributed by atoms with Crippen LogP contribution in [0, 0.1) is 0 Å². The van der Waals surface area contributed by atoms with Crippen LogP contribution in [0.25, 0.3) is 55.4 Å². The van der Waals surface area contributed by atoms with E-state index in [1.54, 1.807) is 46.5 Å². The number of hydrogen-bond acceptors (Lipinski definition) is 13. The molecule has 0 radical (unpaired) electrons. The summed E-state index contributed by atoms with van der Waals surface area (Å²) in [4.78, 5) is 22.9. The summed E-state index contributed by atoms with van der Waals surface area (Å²) < 4.78 is 3.50. The summed E-state index contributed by atoms with van der Waals surface area (Å²) in [5.74, 6) is 3.33. The van der Waals surface area contributed by atoms with Crippen molar-refractivity contribution in [3.63, 3.8) is 0 Å². The minimum atomic E-state index is 0.361. The highest BCUT2D eigenvalue weighted by atomic mass is 35.5. The Morgan fingerprint density at radius 2 is 1.07 bits per heavy atom. The zero-order valence-electron chi connectivity index (χ0n) is 33.2. The van der Waals surface area contributed by atoms with Gasteiger partial charge in [-0.3, -0.25) is 24.3 Å². The van der Waals surface area contributed by atoms with Gasteiger partial charge in [0.2, 0.25) is 0 Å². The summed E-state index contributed by atoms with van der Waals surface area (Å²) in [5, 5.41) is 32.1. The molecule has 294 valence electrons. The lowest BCUT2D eigenvalue weighted by atomic mass is 9.97. The average Bonchev–Trinajstić information content (AvgIpc) is 3.89. The molecule has 0 spiro atoms. The molecular formula is C43H40ClN15. The zero-order chi connectivity index (χ0) is 41.0. The van der Waals surface area contributed by atoms with Crippen molar-refractivity contribution in [2.24, 2.45) is 14.1 Å². The molecule has 0 bridgehead atoms. The fourth-order valence-electron chi connectivity index (χ4n) is 6.37. The zero-order valence-corrected chi connectivity index (χ0v) is 34.0. The van der Waals surface area contributed by atoms with Crippen molar-refractivity contribution in [3.8, 4) is 33.4 Å². The minimum Gasteiger partial charge on any atom is -0.323 e. The molecule has 9 heterocycles. The molecule has 0 amide bonds. The van der Waals surface area contributed by atoms with Crippen molar-refractivity contribution in [2.75, 3.05) is 10.6 Å². The number of aryl methyl sites for hydroxylation is 2. The Hall–Kier alpha value is -7.26. The molecule has 0 aliphatic carbocycles. The standard InChI is InChI=1S/C24H22N8.C19H18ClN7/c1-15(2)17-10-22(31-27-11-17)29-21-5-4-20-24(30-21)23(16-6-8-25-9-7-16)19(13-26-20)18-12-28-32(3)14-18;1-11(2)12-6-17(26-22-7-12)24-16-5-4-15-19(25-16)18(20)14(9-21-15)13-8-23-27(3)10-13/h4-15H,1-3H3,(H,29,30,31);4-11H,1-3H3,(H,24,25,26). The molecule has 59 heavy (non-hydrogen) atoms. The summed E-state index contributed by atoms with van der Waals surface area (Å²) >= 11 is 6.63. The van der Waals surface area contributed by atoms with Gasteiger partial charge >= 0.3 is 0 Å². The van der Waals surface area contributed by atoms with Crippen LogP contribution in [-0.4, -0.2) is 64.9 Å². The van der Waals surface area contributed by atoms with Gasteiger partial charge in [-0.05, 0) is 77.1 Å². The summed E-state index contributed by atoms with van der Waals surface area (Å²) in [6.07, 6.45) is 18.2. The highest BCUT2D eigenvalue weighted by Gasteiger charge is 2.17. The second kappa shape index (κ2) is 16.7. The van der Waals surface area contributed by atoms with Gasteiger partial charge in [-0.15, -0.1) is 10.2 Å². The maximum Gasteiger partial charge on any atom is 0.154 e. The number of halogens is 1. The topological polar surface area (TPSA) is 176 Å². The van der Waals surface area contributed by atoms with Crippen LogP contribution in [0.2, 0.25) is 5.02 Å². The van der Waals surface area contributed by atoms with Crippen molar-refractivity contribution in [2.45, 2.75) is 39.5 Å². The van der Waals surface area contributed by atoms with Gasteiger partial charge in [0.25, 0.3) is 0 Å². The van der Waals surface area contributed by atoms with Gasteiger partial charge in [0.05, 0.1) is 46.4 Å². The molecule has 0 fully saturated rings. The lowest BCUT2D eigenvalue weighted by molar-refractivity contribution is 0.768. The van der Waals surface area contributed by atoms with Crippen LogP contribution in [0.1, 0.15) is 50.7 Å². The van der Waals surface area contributed by atoms with Crippen LogP contribution < -0.4 is 10.6 Å². The van der Waals surface area contributed by atoms with E-state index in [1.807, 2.05) is 87.4 Å². The molecule has 9 aromatic rings. The third-order valence-corrected chi connectivity index (χ3v) is 9.94. The van der Waals surface area contributed by atoms with Gasteiger partial charge in [-0.25, -0.2) is 9.97 Å². The Kier molecular flexibility index (Phi) is 10.9. The molecule has 0 saturated heterocycles. The lowest BCUT2D eigenvalue weighted by Crippen LogP contribution is -2.01. The molecular weight excluding hydrogens is 762 g/mol. The SMILES string of the molecule is CC(C)c1cnnc(Nc2ccc3ncc(-c4cnn(C)c4)c(-c4ccncc4)c3n2)c1.CC(C)c1cnnc(Nc2ccc3ncc(-c4cnn(C)c4)c(Cl)c3n2)c1. The van der Waals surface area contributed by atoms with E-state index in [2.05, 4.69) is 88.9 Å². The first-order chi connectivity index (χ1) is 28.6. The van der Waals surface area contributed by atoms with Crippen molar-refractivity contribution in [1.29, 1.82) is 0 Å². The fraction of sp³-hybridized carbons (Fsp3) is 0.186. The van der Waals surface area contributed by atoms with E-state index in [-0.39, 0.29) is 0 Å². The number of nitrogens with zero attached hydrogens (tertiary/aromatic N) is 13. The molecule has 0 aliphatic rings. The van der Waals surface area contributed by atoms with E-state index < -0.39 is 0 Å². The predicted octanol–water partition coefficient (Wildman–Crippen LogP) is 9.09. The summed E-state index contributed by atoms with van der Waals surface area (Å²) in [6, 6.07) is 15.5. The lowest BCUT2D eigenvalue weighted by Gasteiger charge is -2.13. The number of hydrogen-bond donors (Lipinski definition) is 2. The normalized spacial score (nSPS) is 11.3.